The van der Waals surface area contributed by atoms with Crippen LogP contribution in [0.15, 0.2) is 210 Å². The van der Waals surface area contributed by atoms with Gasteiger partial charge in [-0.15, -0.1) is 0 Å². The molecule has 12 rings (SSSR count). The number of nitrogens with zero attached hydrogens (tertiary/aromatic N) is 10. The molecule has 0 fully saturated rings. The molecule has 0 spiro atoms. The van der Waals surface area contributed by atoms with Gasteiger partial charge in [0.2, 0.25) is 57.2 Å². The summed E-state index contributed by atoms with van der Waals surface area (Å²) in [5.41, 5.74) is 35.2. The molecule has 30 nitrogen and oxygen atoms in total. The number of nitrogens with two attached hydrogens (primary N) is 4. The van der Waals surface area contributed by atoms with E-state index in [2.05, 4.69) is 122 Å². The first-order chi connectivity index (χ1) is 61.4. The van der Waals surface area contributed by atoms with Crippen molar-refractivity contribution < 1.29 is 64.2 Å². The monoisotopic (exact) mass is 1990 g/mol. The number of halogens is 2. The van der Waals surface area contributed by atoms with E-state index in [1.54, 1.807) is 72.8 Å². The molecule has 6 aliphatic rings. The molecule has 0 unspecified atom stereocenters. The van der Waals surface area contributed by atoms with Gasteiger partial charge in [0, 0.05) is 225 Å². The van der Waals surface area contributed by atoms with Gasteiger partial charge >= 0.3 is 0 Å². The zero-order chi connectivity index (χ0) is 100. The molecular formula is C95H141Cl2N18O12S6+3. The summed E-state index contributed by atoms with van der Waals surface area (Å²) in [5.74, 6) is 0. The highest BCUT2D eigenvalue weighted by Crippen LogP contribution is 2.52. The Kier molecular flexibility index (Phi) is 35.6. The molecule has 0 aromatic heterocycles. The number of hydrogen-bond acceptors (Lipinski definition) is 23. The van der Waals surface area contributed by atoms with Crippen LogP contribution in [0.25, 0.3) is 0 Å². The predicted octanol–water partition coefficient (Wildman–Crippen LogP) is 9.70. The van der Waals surface area contributed by atoms with Crippen molar-refractivity contribution in [1.82, 2.24) is 38.5 Å². The second-order valence-corrected chi connectivity index (χ2v) is 50.1. The Morgan fingerprint density at radius 3 is 0.774 bits per heavy atom. The van der Waals surface area contributed by atoms with Gasteiger partial charge in [-0.2, -0.15) is 13.7 Å². The second kappa shape index (κ2) is 42.9. The van der Waals surface area contributed by atoms with Crippen LogP contribution in [0.4, 0.5) is 34.1 Å². The molecule has 0 saturated carbocycles. The molecule has 133 heavy (non-hydrogen) atoms. The summed E-state index contributed by atoms with van der Waals surface area (Å²) in [7, 11) is 16.2. The fourth-order valence-electron chi connectivity index (χ4n) is 17.6. The smallest absolute Gasteiger partial charge is 0.261 e. The number of allylic oxidation sites excluding steroid dienone is 12. The Bertz CT molecular complexity index is 6410. The topological polar surface area (TPSA) is 389 Å². The van der Waals surface area contributed by atoms with Crippen molar-refractivity contribution in [2.24, 2.45) is 22.9 Å². The first-order valence-corrected chi connectivity index (χ1v) is 54.3. The summed E-state index contributed by atoms with van der Waals surface area (Å²) in [6.07, 6.45) is 18.3. The largest absolute Gasteiger partial charge is 0.347 e. The highest BCUT2D eigenvalue weighted by atomic mass is 35.7. The number of likely N-dealkylation sites (N-methyl/N-ethyl adjacent to an activating group) is 7. The quantitative estimate of drug-likeness (QED) is 0.0153. The van der Waals surface area contributed by atoms with Crippen LogP contribution in [-0.4, -0.2) is 278 Å². The SMILES string of the molecule is CN(C)CCN.CN(C)CCNS(=O)(=O)c1ccc2c(c1)C(C)(C)/C(=C/C=C/C1=[N+](C)c3ccc(S(=O)(=O)NCCN)cc3C1(C)C)N2C.CN(C)CCNS(=O)(=O)c1ccc2c(c1)C(C)(C)C(=CC=CC1=[N+](C)c3ccc(S(=O)(=O)NCCN(C)C)cc3C1(C)C)N2C.CN1C(=CC=CC2=[N+](C)c3ccc(S(=O)(=O)Cl)cc3C2(C)C)C(C)(C)c2cc(S(=O)(=O)Cl)ccc21.NCCN. The maximum absolute atomic E-state index is 13.0. The number of nitrogens with one attached hydrogen (secondary N) is 4. The summed E-state index contributed by atoms with van der Waals surface area (Å²) < 4.78 is 168. The van der Waals surface area contributed by atoms with Crippen LogP contribution in [0, 0.1) is 0 Å². The zero-order valence-electron chi connectivity index (χ0n) is 82.0. The lowest BCUT2D eigenvalue weighted by Crippen LogP contribution is -2.31. The van der Waals surface area contributed by atoms with Gasteiger partial charge in [0.15, 0.2) is 17.1 Å². The van der Waals surface area contributed by atoms with Crippen molar-refractivity contribution in [2.45, 2.75) is 145 Å². The number of anilines is 3. The van der Waals surface area contributed by atoms with Gasteiger partial charge in [-0.05, 0) is 224 Å². The Hall–Kier alpha value is -8.03. The van der Waals surface area contributed by atoms with Crippen LogP contribution in [0.5, 0.6) is 0 Å². The van der Waals surface area contributed by atoms with Crippen molar-refractivity contribution in [2.75, 3.05) is 192 Å². The molecule has 0 amide bonds. The van der Waals surface area contributed by atoms with Crippen molar-refractivity contribution in [1.29, 1.82) is 0 Å². The molecule has 0 bridgehead atoms. The van der Waals surface area contributed by atoms with Crippen LogP contribution >= 0.6 is 21.4 Å². The number of fused-ring (bicyclic) bond motifs is 6. The lowest BCUT2D eigenvalue weighted by Gasteiger charge is -2.24. The lowest BCUT2D eigenvalue weighted by molar-refractivity contribution is -0.401. The van der Waals surface area contributed by atoms with Crippen LogP contribution in [0.2, 0.25) is 0 Å². The molecule has 6 aromatic rings. The van der Waals surface area contributed by atoms with Gasteiger partial charge in [-0.1, -0.05) is 59.8 Å². The Morgan fingerprint density at radius 2 is 0.541 bits per heavy atom. The van der Waals surface area contributed by atoms with Gasteiger partial charge in [0.05, 0.1) is 45.6 Å². The van der Waals surface area contributed by atoms with Gasteiger partial charge < -0.3 is 57.2 Å². The van der Waals surface area contributed by atoms with E-state index >= 15 is 0 Å². The first-order valence-electron chi connectivity index (χ1n) is 43.8. The van der Waals surface area contributed by atoms with E-state index in [-0.39, 0.29) is 42.5 Å². The van der Waals surface area contributed by atoms with E-state index in [1.165, 1.54) is 12.1 Å². The molecule has 0 aliphatic carbocycles. The number of benzene rings is 6. The van der Waals surface area contributed by atoms with Crippen LogP contribution in [-0.2, 0) is 90.7 Å². The lowest BCUT2D eigenvalue weighted by atomic mass is 9.81. The molecule has 0 radical (unpaired) electrons. The molecule has 38 heteroatoms. The summed E-state index contributed by atoms with van der Waals surface area (Å²) in [6, 6.07) is 31.0. The van der Waals surface area contributed by atoms with Crippen LogP contribution in [0.1, 0.15) is 116 Å². The third-order valence-electron chi connectivity index (χ3n) is 25.1. The fraction of sp³-hybridized carbons (Fsp3) is 0.463. The fourth-order valence-corrected chi connectivity index (χ4v) is 23.3. The van der Waals surface area contributed by atoms with Crippen molar-refractivity contribution in [3.8, 4) is 0 Å². The zero-order valence-corrected chi connectivity index (χ0v) is 88.4. The molecule has 6 aliphatic heterocycles. The van der Waals surface area contributed by atoms with Crippen molar-refractivity contribution in [3.63, 3.8) is 0 Å². The van der Waals surface area contributed by atoms with Gasteiger partial charge in [-0.25, -0.2) is 69.4 Å². The minimum atomic E-state index is -3.83. The average molecular weight is 1990 g/mol. The Balaban J connectivity index is 0.000000234. The van der Waals surface area contributed by atoms with E-state index in [4.69, 9.17) is 44.3 Å². The van der Waals surface area contributed by atoms with E-state index in [0.717, 1.165) is 115 Å². The van der Waals surface area contributed by atoms with Gasteiger partial charge in [-0.3, -0.25) is 0 Å². The van der Waals surface area contributed by atoms with Crippen LogP contribution in [0.3, 0.4) is 0 Å². The molecule has 6 heterocycles. The third kappa shape index (κ3) is 24.6. The maximum atomic E-state index is 13.0. The van der Waals surface area contributed by atoms with E-state index in [9.17, 15) is 50.5 Å². The highest BCUT2D eigenvalue weighted by molar-refractivity contribution is 8.14. The summed E-state index contributed by atoms with van der Waals surface area (Å²) >= 11 is 0. The van der Waals surface area contributed by atoms with Crippen molar-refractivity contribution in [3.05, 3.63) is 214 Å². The number of sulfonamides is 4. The summed E-state index contributed by atoms with van der Waals surface area (Å²) in [6.45, 7) is 31.1. The molecule has 730 valence electrons. The summed E-state index contributed by atoms with van der Waals surface area (Å²) in [4.78, 5) is 15.3. The molecule has 0 atom stereocenters. The summed E-state index contributed by atoms with van der Waals surface area (Å²) in [5, 5.41) is 0. The van der Waals surface area contributed by atoms with Crippen molar-refractivity contribution >= 4 is 131 Å². The Morgan fingerprint density at radius 1 is 0.316 bits per heavy atom. The second-order valence-electron chi connectivity index (χ2n) is 37.9. The molecule has 12 N–H and O–H groups in total. The van der Waals surface area contributed by atoms with Gasteiger partial charge in [0.1, 0.15) is 21.1 Å². The van der Waals surface area contributed by atoms with E-state index < -0.39 is 90.7 Å². The Labute approximate surface area is 801 Å². The van der Waals surface area contributed by atoms with Crippen LogP contribution < -0.4 is 56.5 Å². The highest BCUT2D eigenvalue weighted by Gasteiger charge is 2.49. The van der Waals surface area contributed by atoms with E-state index in [1.807, 2.05) is 205 Å². The third-order valence-corrected chi connectivity index (χ3v) is 33.6. The standard InChI is InChI=1S/C33H49N6O4S2.C31H45N6O4S2.C25H27Cl2N2O4S2.C4H12N2.C2H8N2/c1-32(2)26-22-24(44(40,41)34-18-20-36(5)6)14-16-28(26)38(9)30(32)12-11-13-31-33(3,4)27-23-25(15-17-29(27)39(31)10)45(42,43)35-19-21-37(7)8;1-30(2)24-20-22(42(38,39)33-17-16-32)12-14-26(24)36(7)28(30)10-9-11-29-31(3,4)25-21-23(13-15-27(25)37(29)8)43(40,41)34-18-19-35(5)6;1-24(2)18-14-16(34(26,30)31)10-12-20(18)28(5)22(24)8-7-9-23-25(3,4)19-15-17(35(27,32)33)11-13-21(19)29(23)6;1-6(2)4-3-5;3-1-2-4/h11-17,22-23,34-35H,18-21H2,1-10H3;9-15,20-21,33-34H,16-19,32H2,1-8H3;7-15H,1-6H3;3-5H2,1-2H3;1-4H2/q3*+1;;. The minimum absolute atomic E-state index is 0.0807. The molecule has 0 saturated heterocycles. The number of hydrogen-bond donors (Lipinski definition) is 8. The molecular weight excluding hydrogens is 1850 g/mol. The van der Waals surface area contributed by atoms with Gasteiger partial charge in [0.25, 0.3) is 18.1 Å². The maximum Gasteiger partial charge on any atom is 0.261 e. The minimum Gasteiger partial charge on any atom is -0.347 e. The average Bonchev–Trinajstić information content (AvgIpc) is 1.60. The first kappa shape index (κ1) is 110. The molecule has 6 aromatic carbocycles. The predicted molar refractivity (Wildman–Crippen MR) is 544 cm³/mol. The number of rotatable bonds is 30. The van der Waals surface area contributed by atoms with E-state index in [0.29, 0.717) is 52.4 Å². The normalized spacial score (nSPS) is 18.3.